The molecule has 8 nitrogen and oxygen atoms in total. The fourth-order valence-corrected chi connectivity index (χ4v) is 1.89. The monoisotopic (exact) mass is 330 g/mol. The fraction of sp³-hybridized carbons (Fsp3) is 0.125. The summed E-state index contributed by atoms with van der Waals surface area (Å²) < 4.78 is 10.9. The number of hydrogen-bond acceptors (Lipinski definition) is 7. The molecule has 0 bridgehead atoms. The minimum absolute atomic E-state index is 0. The van der Waals surface area contributed by atoms with Crippen LogP contribution >= 0.6 is 0 Å². The van der Waals surface area contributed by atoms with Gasteiger partial charge in [-0.3, -0.25) is 0 Å². The first-order chi connectivity index (χ1) is 11.3. The maximum absolute atomic E-state index is 8.25. The molecule has 3 rings (SSSR count). The molecule has 0 aliphatic rings. The van der Waals surface area contributed by atoms with Crippen LogP contribution in [-0.4, -0.2) is 21.8 Å². The van der Waals surface area contributed by atoms with E-state index in [4.69, 9.17) is 19.2 Å². The molecule has 126 valence electrons. The number of benzene rings is 1. The van der Waals surface area contributed by atoms with Gasteiger partial charge < -0.3 is 25.3 Å². The van der Waals surface area contributed by atoms with Crippen LogP contribution in [0.2, 0.25) is 0 Å². The van der Waals surface area contributed by atoms with Crippen LogP contribution in [-0.2, 0) is 11.4 Å². The quantitative estimate of drug-likeness (QED) is 0.719. The Labute approximate surface area is 138 Å². The molecule has 0 unspecified atom stereocenters. The third kappa shape index (κ3) is 4.89. The van der Waals surface area contributed by atoms with Crippen molar-refractivity contribution in [2.75, 3.05) is 0 Å². The number of carbonyl (C=O) groups excluding carboxylic acids is 1. The zero-order chi connectivity index (χ0) is 16.5. The molecule has 8 heteroatoms. The third-order valence-corrected chi connectivity index (χ3v) is 2.94. The van der Waals surface area contributed by atoms with E-state index in [1.807, 2.05) is 37.3 Å². The van der Waals surface area contributed by atoms with Gasteiger partial charge in [0.05, 0.1) is 5.56 Å². The van der Waals surface area contributed by atoms with Crippen molar-refractivity contribution < 1.29 is 19.2 Å². The molecule has 4 N–H and O–H groups in total. The molecule has 3 aromatic rings. The van der Waals surface area contributed by atoms with Gasteiger partial charge in [-0.1, -0.05) is 35.5 Å². The van der Waals surface area contributed by atoms with E-state index < -0.39 is 6.47 Å². The average Bonchev–Trinajstić information content (AvgIpc) is 2.96. The van der Waals surface area contributed by atoms with Gasteiger partial charge in [0.1, 0.15) is 18.1 Å². The second kappa shape index (κ2) is 9.70. The summed E-state index contributed by atoms with van der Waals surface area (Å²) in [5.74, 6) is 1.22. The first-order valence-electron chi connectivity index (χ1n) is 6.73. The molecule has 0 saturated heterocycles. The highest BCUT2D eigenvalue weighted by Crippen LogP contribution is 2.25. The van der Waals surface area contributed by atoms with Crippen LogP contribution in [0, 0.1) is 6.92 Å². The summed E-state index contributed by atoms with van der Waals surface area (Å²) in [7, 11) is 0. The van der Waals surface area contributed by atoms with Gasteiger partial charge >= 0.3 is 0 Å². The van der Waals surface area contributed by atoms with Crippen LogP contribution < -0.4 is 16.0 Å². The minimum atomic E-state index is -0.500. The topological polar surface area (TPSA) is 138 Å². The van der Waals surface area contributed by atoms with Crippen LogP contribution in [0.15, 0.2) is 53.2 Å². The number of quaternary nitrogens is 1. The molecule has 1 aromatic carbocycles. The Hall–Kier alpha value is -3.26. The molecule has 0 radical (unpaired) electrons. The highest BCUT2D eigenvalue weighted by Gasteiger charge is 2.15. The summed E-state index contributed by atoms with van der Waals surface area (Å²) >= 11 is 0. The molecule has 2 aromatic heterocycles. The molecule has 24 heavy (non-hydrogen) atoms. The Bertz CT molecular complexity index is 732. The van der Waals surface area contributed by atoms with Crippen molar-refractivity contribution >= 4 is 6.47 Å². The zero-order valence-corrected chi connectivity index (χ0v) is 13.4. The summed E-state index contributed by atoms with van der Waals surface area (Å²) in [6.45, 7) is 1.72. The third-order valence-electron chi connectivity index (χ3n) is 2.94. The predicted octanol–water partition coefficient (Wildman–Crippen LogP) is 1.76. The summed E-state index contributed by atoms with van der Waals surface area (Å²) in [6, 6.07) is 13.4. The number of aryl methyl sites for hydroxylation is 1. The van der Waals surface area contributed by atoms with Gasteiger partial charge in [-0.15, -0.1) is 5.10 Å². The van der Waals surface area contributed by atoms with Crippen molar-refractivity contribution in [1.29, 1.82) is 0 Å². The second-order valence-electron chi connectivity index (χ2n) is 4.38. The second-order valence-corrected chi connectivity index (χ2v) is 4.38. The van der Waals surface area contributed by atoms with E-state index >= 15 is 0 Å². The highest BCUT2D eigenvalue weighted by atomic mass is 16.5. The van der Waals surface area contributed by atoms with Crippen molar-refractivity contribution in [2.45, 2.75) is 13.5 Å². The average molecular weight is 330 g/mol. The van der Waals surface area contributed by atoms with Gasteiger partial charge in [-0.25, -0.2) is 0 Å². The van der Waals surface area contributed by atoms with Crippen molar-refractivity contribution in [1.82, 2.24) is 21.5 Å². The summed E-state index contributed by atoms with van der Waals surface area (Å²) in [6.07, 6.45) is 1.60. The van der Waals surface area contributed by atoms with E-state index in [0.717, 1.165) is 22.6 Å². The maximum Gasteiger partial charge on any atom is 0.233 e. The number of carboxylic acid groups (broad SMARTS) is 1. The fourth-order valence-electron chi connectivity index (χ4n) is 1.89. The SMILES string of the molecule is Cc1onc(-c2ccccc2)c1COc1cccnn1.O=C[O-].[NH4+]. The molecular formula is C16H18N4O4. The lowest BCUT2D eigenvalue weighted by atomic mass is 10.1. The van der Waals surface area contributed by atoms with Crippen molar-refractivity contribution in [3.63, 3.8) is 0 Å². The van der Waals surface area contributed by atoms with Crippen LogP contribution in [0.3, 0.4) is 0 Å². The van der Waals surface area contributed by atoms with E-state index in [0.29, 0.717) is 12.5 Å². The van der Waals surface area contributed by atoms with Crippen molar-refractivity contribution in [3.05, 3.63) is 60.0 Å². The van der Waals surface area contributed by atoms with E-state index in [2.05, 4.69) is 15.4 Å². The highest BCUT2D eigenvalue weighted by molar-refractivity contribution is 5.63. The largest absolute Gasteiger partial charge is 0.554 e. The van der Waals surface area contributed by atoms with E-state index in [-0.39, 0.29) is 6.15 Å². The number of hydrogen-bond donors (Lipinski definition) is 1. The Kier molecular flexibility index (Phi) is 7.59. The predicted molar refractivity (Wildman–Crippen MR) is 85.1 cm³/mol. The van der Waals surface area contributed by atoms with Gasteiger partial charge in [0.15, 0.2) is 0 Å². The molecule has 0 saturated carbocycles. The molecule has 0 fully saturated rings. The summed E-state index contributed by atoms with van der Waals surface area (Å²) in [5.41, 5.74) is 2.72. The molecule has 0 spiro atoms. The van der Waals surface area contributed by atoms with Gasteiger partial charge in [0.2, 0.25) is 5.88 Å². The molecule has 0 aliphatic heterocycles. The van der Waals surface area contributed by atoms with Crippen molar-refractivity contribution in [3.8, 4) is 17.1 Å². The van der Waals surface area contributed by atoms with Crippen molar-refractivity contribution in [2.24, 2.45) is 0 Å². The van der Waals surface area contributed by atoms with Gasteiger partial charge in [0, 0.05) is 24.3 Å². The van der Waals surface area contributed by atoms with Gasteiger partial charge in [-0.2, -0.15) is 5.10 Å². The first kappa shape index (κ1) is 18.8. The van der Waals surface area contributed by atoms with E-state index in [1.54, 1.807) is 18.3 Å². The number of nitrogens with zero attached hydrogens (tertiary/aromatic N) is 3. The van der Waals surface area contributed by atoms with E-state index in [1.165, 1.54) is 0 Å². The molecule has 0 amide bonds. The molecule has 2 heterocycles. The smallest absolute Gasteiger partial charge is 0.233 e. The molecular weight excluding hydrogens is 312 g/mol. The summed E-state index contributed by atoms with van der Waals surface area (Å²) in [4.78, 5) is 8.25. The van der Waals surface area contributed by atoms with Gasteiger partial charge in [-0.05, 0) is 13.0 Å². The Morgan fingerprint density at radius 2 is 1.92 bits per heavy atom. The number of carbonyl (C=O) groups is 1. The first-order valence-corrected chi connectivity index (χ1v) is 6.73. The zero-order valence-electron chi connectivity index (χ0n) is 13.4. The van der Waals surface area contributed by atoms with Crippen LogP contribution in [0.4, 0.5) is 0 Å². The lowest BCUT2D eigenvalue weighted by Crippen LogP contribution is -2.01. The van der Waals surface area contributed by atoms with Crippen LogP contribution in [0.1, 0.15) is 11.3 Å². The Morgan fingerprint density at radius 1 is 1.21 bits per heavy atom. The Morgan fingerprint density at radius 3 is 2.54 bits per heavy atom. The standard InChI is InChI=1S/C15H13N3O2.CH2O2.H3N/c1-11-13(10-19-14-8-5-9-16-17-14)15(18-20-11)12-6-3-2-4-7-12;2-1-3;/h2-9H,10H2,1H3;1H,(H,2,3);1H3. The molecule has 0 atom stereocenters. The number of ether oxygens (including phenoxy) is 1. The normalized spacial score (nSPS) is 9.21. The lowest BCUT2D eigenvalue weighted by molar-refractivity contribution is -0.283. The minimum Gasteiger partial charge on any atom is -0.554 e. The lowest BCUT2D eigenvalue weighted by Gasteiger charge is -2.05. The summed E-state index contributed by atoms with van der Waals surface area (Å²) in [5, 5.41) is 20.0. The Balaban J connectivity index is 0.000000671. The van der Waals surface area contributed by atoms with Crippen LogP contribution in [0.25, 0.3) is 11.3 Å². The number of aromatic nitrogens is 3. The van der Waals surface area contributed by atoms with E-state index in [9.17, 15) is 0 Å². The van der Waals surface area contributed by atoms with Gasteiger partial charge in [0.25, 0.3) is 0 Å². The van der Waals surface area contributed by atoms with Crippen LogP contribution in [0.5, 0.6) is 5.88 Å². The number of rotatable bonds is 4. The maximum atomic E-state index is 8.25. The molecule has 0 aliphatic carbocycles.